The second kappa shape index (κ2) is 2.97. The Bertz CT molecular complexity index is 211. The summed E-state index contributed by atoms with van der Waals surface area (Å²) in [6.07, 6.45) is 0. The van der Waals surface area contributed by atoms with Crippen LogP contribution in [0.4, 0.5) is 0 Å². The molecule has 0 aromatic heterocycles. The van der Waals surface area contributed by atoms with Gasteiger partial charge in [-0.2, -0.15) is 0 Å². The summed E-state index contributed by atoms with van der Waals surface area (Å²) in [5, 5.41) is 0. The molecule has 0 heterocycles. The first-order chi connectivity index (χ1) is 4.50. The molecule has 1 unspecified atom stereocenters. The molecule has 68 valence electrons. The first-order valence-electron chi connectivity index (χ1n) is 2.40. The maximum atomic E-state index is 10.5. The van der Waals surface area contributed by atoms with Gasteiger partial charge in [0.2, 0.25) is 0 Å². The molecule has 0 aliphatic carbocycles. The van der Waals surface area contributed by atoms with E-state index in [1.54, 1.807) is 0 Å². The van der Waals surface area contributed by atoms with Crippen LogP contribution in [-0.2, 0) is 9.13 Å². The monoisotopic (exact) mass is 266 g/mol. The fourth-order valence-corrected chi connectivity index (χ4v) is 1.53. The van der Waals surface area contributed by atoms with E-state index in [-0.39, 0.29) is 0 Å². The van der Waals surface area contributed by atoms with Gasteiger partial charge in [0, 0.05) is 0 Å². The Kier molecular flexibility index (Phi) is 3.20. The van der Waals surface area contributed by atoms with Gasteiger partial charge in [0.1, 0.15) is 0 Å². The summed E-state index contributed by atoms with van der Waals surface area (Å²) in [4.78, 5) is 34.1. The average molecular weight is 266 g/mol. The average Bonchev–Trinajstić information content (AvgIpc) is 1.58. The Morgan fingerprint density at radius 3 is 1.27 bits per heavy atom. The Morgan fingerprint density at radius 2 is 1.27 bits per heavy atom. The minimum absolute atomic E-state index is 0.338. The van der Waals surface area contributed by atoms with Gasteiger partial charge in [0.15, 0.2) is 0 Å². The molecule has 11 heavy (non-hydrogen) atoms. The normalized spacial score (nSPS) is 15.1. The zero-order chi connectivity index (χ0) is 9.50. The van der Waals surface area contributed by atoms with Crippen molar-refractivity contribution in [1.82, 2.24) is 0 Å². The minimum atomic E-state index is -4.73. The van der Waals surface area contributed by atoms with E-state index in [0.717, 1.165) is 6.92 Å². The zero-order valence-electron chi connectivity index (χ0n) is 5.58. The van der Waals surface area contributed by atoms with Crippen LogP contribution in [0.15, 0.2) is 0 Å². The van der Waals surface area contributed by atoms with Crippen LogP contribution in [0.25, 0.3) is 0 Å². The fraction of sp³-hybridized carbons (Fsp3) is 1.00. The Hall–Kier alpha value is 0.858. The Balaban J connectivity index is 5.08. The van der Waals surface area contributed by atoms with E-state index in [9.17, 15) is 9.13 Å². The second-order valence-corrected chi connectivity index (χ2v) is 11.0. The molecule has 6 nitrogen and oxygen atoms in total. The molecule has 0 bridgehead atoms. The van der Waals surface area contributed by atoms with Crippen LogP contribution in [0.2, 0.25) is 0 Å². The third-order valence-electron chi connectivity index (χ3n) is 1.18. The molecule has 0 spiro atoms. The predicted molar refractivity (Wildman–Crippen MR) is 41.0 cm³/mol. The summed E-state index contributed by atoms with van der Waals surface area (Å²) in [5.41, 5.74) is 0. The first-order valence-corrected chi connectivity index (χ1v) is 6.84. The van der Waals surface area contributed by atoms with E-state index >= 15 is 0 Å². The van der Waals surface area contributed by atoms with Gasteiger partial charge in [-0.15, -0.1) is 0 Å². The summed E-state index contributed by atoms with van der Waals surface area (Å²) < 4.78 is 18.8. The van der Waals surface area contributed by atoms with Gasteiger partial charge >= 0.3 is 71.4 Å². The molecule has 0 amide bonds. The van der Waals surface area contributed by atoms with Crippen LogP contribution < -0.4 is 0 Å². The van der Waals surface area contributed by atoms with E-state index in [0.29, 0.717) is 16.9 Å². The van der Waals surface area contributed by atoms with E-state index in [1.165, 1.54) is 0 Å². The van der Waals surface area contributed by atoms with Crippen LogP contribution in [0.1, 0.15) is 6.92 Å². The third kappa shape index (κ3) is 2.40. The van der Waals surface area contributed by atoms with Gasteiger partial charge in [0.05, 0.1) is 0 Å². The summed E-state index contributed by atoms with van der Waals surface area (Å²) in [6, 6.07) is 0. The van der Waals surface area contributed by atoms with E-state index in [4.69, 9.17) is 19.6 Å². The van der Waals surface area contributed by atoms with Crippen molar-refractivity contribution >= 4 is 32.0 Å². The molecule has 0 saturated heterocycles. The Labute approximate surface area is 71.8 Å². The van der Waals surface area contributed by atoms with Crippen LogP contribution in [0.5, 0.6) is 0 Å². The van der Waals surface area contributed by atoms with Crippen LogP contribution in [-0.4, -0.2) is 40.1 Å². The van der Waals surface area contributed by atoms with Crippen LogP contribution in [0, 0.1) is 0 Å². The molecule has 0 aliphatic rings. The van der Waals surface area contributed by atoms with Crippen molar-refractivity contribution in [3.63, 3.8) is 0 Å². The van der Waals surface area contributed by atoms with Crippen molar-refractivity contribution in [1.29, 1.82) is 0 Å². The molecule has 0 aromatic carbocycles. The van der Waals surface area contributed by atoms with Crippen molar-refractivity contribution in [2.24, 2.45) is 0 Å². The van der Waals surface area contributed by atoms with Crippen molar-refractivity contribution in [2.45, 2.75) is 10.6 Å². The third-order valence-corrected chi connectivity index (χ3v) is 9.34. The van der Waals surface area contributed by atoms with Gasteiger partial charge < -0.3 is 0 Å². The summed E-state index contributed by atoms with van der Waals surface area (Å²) in [7, 11) is -9.45. The fourth-order valence-electron chi connectivity index (χ4n) is 0.170. The predicted octanol–water partition coefficient (Wildman–Crippen LogP) is -1.35. The van der Waals surface area contributed by atoms with E-state index in [1.807, 2.05) is 0 Å². The molecule has 1 atom stereocenters. The summed E-state index contributed by atoms with van der Waals surface area (Å²) in [5.74, 6) is 0. The number of rotatable bonds is 2. The van der Waals surface area contributed by atoms with Gasteiger partial charge in [-0.05, 0) is 0 Å². The first kappa shape index (κ1) is 11.9. The molecule has 0 aliphatic heterocycles. The van der Waals surface area contributed by atoms with Crippen molar-refractivity contribution in [3.05, 3.63) is 0 Å². The van der Waals surface area contributed by atoms with Gasteiger partial charge in [-0.1, -0.05) is 0 Å². The van der Waals surface area contributed by atoms with Crippen molar-refractivity contribution < 1.29 is 28.7 Å². The SMILES string of the molecule is CC([AsH2])(P(=O)(O)O)P(=O)(O)O. The van der Waals surface area contributed by atoms with Gasteiger partial charge in [0.25, 0.3) is 0 Å². The van der Waals surface area contributed by atoms with Crippen LogP contribution >= 0.6 is 15.2 Å². The second-order valence-electron chi connectivity index (χ2n) is 2.18. The molecule has 0 fully saturated rings. The molecule has 0 rings (SSSR count). The van der Waals surface area contributed by atoms with E-state index in [2.05, 4.69) is 0 Å². The summed E-state index contributed by atoms with van der Waals surface area (Å²) >= 11 is 0.338. The topological polar surface area (TPSA) is 115 Å². The van der Waals surface area contributed by atoms with Gasteiger partial charge in [-0.25, -0.2) is 0 Å². The Morgan fingerprint density at radius 1 is 1.09 bits per heavy atom. The van der Waals surface area contributed by atoms with Gasteiger partial charge in [-0.3, -0.25) is 0 Å². The molecule has 0 saturated carbocycles. The van der Waals surface area contributed by atoms with E-state index < -0.39 is 18.9 Å². The molecular formula is C2H9AsO6P2. The quantitative estimate of drug-likeness (QED) is 0.363. The molecule has 4 N–H and O–H groups in total. The number of hydrogen-bond acceptors (Lipinski definition) is 2. The molecule has 0 radical (unpaired) electrons. The van der Waals surface area contributed by atoms with Crippen LogP contribution in [0.3, 0.4) is 0 Å². The zero-order valence-corrected chi connectivity index (χ0v) is 9.79. The molecular weight excluding hydrogens is 257 g/mol. The standard InChI is InChI=1S/C2H9AsO6P2/c1-2(3,10(4,5)6)11(7,8)9/h3H2,1H3,(H2,4,5,6)(H2,7,8,9). The molecule has 9 heteroatoms. The summed E-state index contributed by atoms with van der Waals surface area (Å²) in [6.45, 7) is 0.856. The maximum absolute atomic E-state index is 10.5. The van der Waals surface area contributed by atoms with Crippen molar-refractivity contribution in [2.75, 3.05) is 0 Å². The molecule has 0 aromatic rings. The number of hydrogen-bond donors (Lipinski definition) is 4. The van der Waals surface area contributed by atoms with Crippen molar-refractivity contribution in [3.8, 4) is 0 Å².